The third-order valence-electron chi connectivity index (χ3n) is 3.12. The van der Waals surface area contributed by atoms with Gasteiger partial charge in [0.2, 0.25) is 11.8 Å². The number of nitrogens with one attached hydrogen (secondary N) is 1. The molecule has 1 rings (SSSR count). The van der Waals surface area contributed by atoms with Gasteiger partial charge in [0.1, 0.15) is 0 Å². The van der Waals surface area contributed by atoms with Gasteiger partial charge in [-0.1, -0.05) is 28.9 Å². The summed E-state index contributed by atoms with van der Waals surface area (Å²) in [5.74, 6) is 0.157. The first-order valence-corrected chi connectivity index (χ1v) is 7.52. The molecule has 1 N–H and O–H groups in total. The van der Waals surface area contributed by atoms with Crippen LogP contribution in [-0.4, -0.2) is 65.7 Å². The van der Waals surface area contributed by atoms with Crippen molar-refractivity contribution in [3.8, 4) is 0 Å². The van der Waals surface area contributed by atoms with Gasteiger partial charge in [-0.2, -0.15) is 0 Å². The van der Waals surface area contributed by atoms with Crippen LogP contribution in [0.3, 0.4) is 0 Å². The first kappa shape index (κ1) is 16.2. The molecule has 1 aliphatic rings. The normalized spacial score (nSPS) is 17.9. The number of alkyl halides is 1. The minimum Gasteiger partial charge on any atom is -0.352 e. The number of carbonyl (C=O) groups is 2. The standard InChI is InChI=1S/C13H22BrN3O2/c1-3-5-15-12(18)10-16-6-8-17(9-7-16)13(19)11(14)4-2/h3,11H,1,4-10H2,2H3,(H,15,18). The monoisotopic (exact) mass is 331 g/mol. The van der Waals surface area contributed by atoms with Crippen LogP contribution in [0.1, 0.15) is 13.3 Å². The average Bonchev–Trinajstić information content (AvgIpc) is 2.44. The minimum atomic E-state index is -0.0880. The molecule has 2 amide bonds. The molecule has 1 heterocycles. The summed E-state index contributed by atoms with van der Waals surface area (Å²) in [6.07, 6.45) is 2.46. The highest BCUT2D eigenvalue weighted by Crippen LogP contribution is 2.11. The summed E-state index contributed by atoms with van der Waals surface area (Å²) in [6.45, 7) is 9.30. The lowest BCUT2D eigenvalue weighted by molar-refractivity contribution is -0.132. The van der Waals surface area contributed by atoms with Crippen LogP contribution in [0.15, 0.2) is 12.7 Å². The van der Waals surface area contributed by atoms with E-state index in [0.717, 1.165) is 19.5 Å². The smallest absolute Gasteiger partial charge is 0.236 e. The zero-order chi connectivity index (χ0) is 14.3. The van der Waals surface area contributed by atoms with Crippen LogP contribution >= 0.6 is 15.9 Å². The van der Waals surface area contributed by atoms with Crippen molar-refractivity contribution < 1.29 is 9.59 Å². The second kappa shape index (κ2) is 8.32. The fourth-order valence-electron chi connectivity index (χ4n) is 1.94. The van der Waals surface area contributed by atoms with E-state index in [4.69, 9.17) is 0 Å². The van der Waals surface area contributed by atoms with Crippen LogP contribution < -0.4 is 5.32 Å². The largest absolute Gasteiger partial charge is 0.352 e. The summed E-state index contributed by atoms with van der Waals surface area (Å²) in [4.78, 5) is 27.4. The van der Waals surface area contributed by atoms with Gasteiger partial charge in [0.25, 0.3) is 0 Å². The van der Waals surface area contributed by atoms with Crippen LogP contribution in [-0.2, 0) is 9.59 Å². The molecule has 1 saturated heterocycles. The molecule has 0 radical (unpaired) electrons. The Labute approximate surface area is 123 Å². The van der Waals surface area contributed by atoms with E-state index in [2.05, 4.69) is 32.7 Å². The van der Waals surface area contributed by atoms with Gasteiger partial charge in [0, 0.05) is 32.7 Å². The molecule has 1 atom stereocenters. The molecule has 1 fully saturated rings. The third-order valence-corrected chi connectivity index (χ3v) is 4.16. The molecule has 0 spiro atoms. The van der Waals surface area contributed by atoms with E-state index < -0.39 is 0 Å². The fourth-order valence-corrected chi connectivity index (χ4v) is 2.23. The number of hydrogen-bond acceptors (Lipinski definition) is 3. The van der Waals surface area contributed by atoms with Crippen LogP contribution in [0.25, 0.3) is 0 Å². The molecular weight excluding hydrogens is 310 g/mol. The van der Waals surface area contributed by atoms with E-state index >= 15 is 0 Å². The minimum absolute atomic E-state index is 0.00611. The third kappa shape index (κ3) is 5.32. The zero-order valence-corrected chi connectivity index (χ0v) is 13.0. The number of piperazine rings is 1. The van der Waals surface area contributed by atoms with Crippen LogP contribution in [0.5, 0.6) is 0 Å². The first-order valence-electron chi connectivity index (χ1n) is 6.61. The zero-order valence-electron chi connectivity index (χ0n) is 11.4. The van der Waals surface area contributed by atoms with E-state index in [9.17, 15) is 9.59 Å². The summed E-state index contributed by atoms with van der Waals surface area (Å²) in [5.41, 5.74) is 0. The molecule has 0 bridgehead atoms. The molecule has 0 aliphatic carbocycles. The van der Waals surface area contributed by atoms with E-state index in [-0.39, 0.29) is 16.6 Å². The van der Waals surface area contributed by atoms with Crippen LogP contribution in [0.2, 0.25) is 0 Å². The van der Waals surface area contributed by atoms with Gasteiger partial charge in [-0.3, -0.25) is 14.5 Å². The number of rotatable bonds is 6. The van der Waals surface area contributed by atoms with Gasteiger partial charge in [-0.05, 0) is 6.42 Å². The molecule has 0 aromatic carbocycles. The molecule has 0 aromatic rings. The second-order valence-corrected chi connectivity index (χ2v) is 5.68. The Hall–Kier alpha value is -0.880. The van der Waals surface area contributed by atoms with Crippen molar-refractivity contribution in [2.75, 3.05) is 39.3 Å². The molecule has 19 heavy (non-hydrogen) atoms. The lowest BCUT2D eigenvalue weighted by atomic mass is 10.2. The van der Waals surface area contributed by atoms with Crippen molar-refractivity contribution in [1.29, 1.82) is 0 Å². The van der Waals surface area contributed by atoms with Gasteiger partial charge in [-0.15, -0.1) is 6.58 Å². The maximum atomic E-state index is 12.0. The maximum absolute atomic E-state index is 12.0. The van der Waals surface area contributed by atoms with Gasteiger partial charge in [-0.25, -0.2) is 0 Å². The van der Waals surface area contributed by atoms with Crippen molar-refractivity contribution in [3.63, 3.8) is 0 Å². The quantitative estimate of drug-likeness (QED) is 0.573. The number of carbonyl (C=O) groups excluding carboxylic acids is 2. The summed E-state index contributed by atoms with van der Waals surface area (Å²) in [7, 11) is 0. The highest BCUT2D eigenvalue weighted by molar-refractivity contribution is 9.10. The van der Waals surface area contributed by atoms with Crippen molar-refractivity contribution in [2.45, 2.75) is 18.2 Å². The average molecular weight is 332 g/mol. The Morgan fingerprint density at radius 2 is 2.00 bits per heavy atom. The number of halogens is 1. The Balaban J connectivity index is 2.30. The van der Waals surface area contributed by atoms with Gasteiger partial charge < -0.3 is 10.2 Å². The summed E-state index contributed by atoms with van der Waals surface area (Å²) < 4.78 is 0. The predicted octanol–water partition coefficient (Wildman–Crippen LogP) is 0.606. The molecule has 1 aliphatic heterocycles. The Bertz CT molecular complexity index is 328. The first-order chi connectivity index (χ1) is 9.08. The summed E-state index contributed by atoms with van der Waals surface area (Å²) in [6, 6.07) is 0. The predicted molar refractivity (Wildman–Crippen MR) is 79.2 cm³/mol. The van der Waals surface area contributed by atoms with E-state index in [0.29, 0.717) is 26.2 Å². The lowest BCUT2D eigenvalue weighted by Gasteiger charge is -2.35. The van der Waals surface area contributed by atoms with Crippen LogP contribution in [0, 0.1) is 0 Å². The number of nitrogens with zero attached hydrogens (tertiary/aromatic N) is 2. The van der Waals surface area contributed by atoms with Crippen molar-refractivity contribution in [2.24, 2.45) is 0 Å². The van der Waals surface area contributed by atoms with Crippen molar-refractivity contribution >= 4 is 27.7 Å². The number of hydrogen-bond donors (Lipinski definition) is 1. The van der Waals surface area contributed by atoms with Gasteiger partial charge >= 0.3 is 0 Å². The lowest BCUT2D eigenvalue weighted by Crippen LogP contribution is -2.52. The molecule has 0 saturated carbocycles. The summed E-state index contributed by atoms with van der Waals surface area (Å²) in [5, 5.41) is 2.75. The maximum Gasteiger partial charge on any atom is 0.236 e. The molecular formula is C13H22BrN3O2. The molecule has 5 nitrogen and oxygen atoms in total. The van der Waals surface area contributed by atoms with Crippen molar-refractivity contribution in [3.05, 3.63) is 12.7 Å². The van der Waals surface area contributed by atoms with Crippen molar-refractivity contribution in [1.82, 2.24) is 15.1 Å². The van der Waals surface area contributed by atoms with Gasteiger partial charge in [0.15, 0.2) is 0 Å². The van der Waals surface area contributed by atoms with E-state index in [1.165, 1.54) is 0 Å². The Morgan fingerprint density at radius 3 is 2.53 bits per heavy atom. The summed E-state index contributed by atoms with van der Waals surface area (Å²) >= 11 is 3.38. The highest BCUT2D eigenvalue weighted by Gasteiger charge is 2.25. The van der Waals surface area contributed by atoms with Crippen LogP contribution in [0.4, 0.5) is 0 Å². The molecule has 6 heteroatoms. The highest BCUT2D eigenvalue weighted by atomic mass is 79.9. The van der Waals surface area contributed by atoms with Gasteiger partial charge in [0.05, 0.1) is 11.4 Å². The topological polar surface area (TPSA) is 52.7 Å². The Kier molecular flexibility index (Phi) is 7.09. The molecule has 108 valence electrons. The van der Waals surface area contributed by atoms with E-state index in [1.807, 2.05) is 11.8 Å². The van der Waals surface area contributed by atoms with E-state index in [1.54, 1.807) is 6.08 Å². The fraction of sp³-hybridized carbons (Fsp3) is 0.692. The SMILES string of the molecule is C=CCNC(=O)CN1CCN(C(=O)C(Br)CC)CC1. The Morgan fingerprint density at radius 1 is 1.37 bits per heavy atom. The number of amides is 2. The molecule has 0 aromatic heterocycles. The second-order valence-electron chi connectivity index (χ2n) is 4.57. The molecule has 1 unspecified atom stereocenters.